The molecule has 0 heterocycles. The van der Waals surface area contributed by atoms with Crippen LogP contribution in [0.4, 0.5) is 5.69 Å². The molecule has 9 nitrogen and oxygen atoms in total. The summed E-state index contributed by atoms with van der Waals surface area (Å²) in [6.07, 6.45) is 0.331. The smallest absolute Gasteiger partial charge is 0.264 e. The van der Waals surface area contributed by atoms with E-state index in [0.29, 0.717) is 29.4 Å². The molecule has 0 spiro atoms. The van der Waals surface area contributed by atoms with Crippen LogP contribution in [0.1, 0.15) is 37.0 Å². The Morgan fingerprint density at radius 1 is 0.905 bits per heavy atom. The largest absolute Gasteiger partial charge is 0.493 e. The molecule has 1 N–H and O–H groups in total. The molecule has 42 heavy (non-hydrogen) atoms. The predicted molar refractivity (Wildman–Crippen MR) is 165 cm³/mol. The van der Waals surface area contributed by atoms with Crippen LogP contribution in [0.25, 0.3) is 0 Å². The van der Waals surface area contributed by atoms with Gasteiger partial charge < -0.3 is 19.7 Å². The number of carbonyl (C=O) groups excluding carboxylic acids is 2. The number of hydrogen-bond acceptors (Lipinski definition) is 6. The molecular formula is C31H38ClN3O6S. The van der Waals surface area contributed by atoms with Crippen molar-refractivity contribution in [3.8, 4) is 11.5 Å². The van der Waals surface area contributed by atoms with Crippen LogP contribution in [0.3, 0.4) is 0 Å². The van der Waals surface area contributed by atoms with Crippen LogP contribution in [0.2, 0.25) is 5.02 Å². The molecule has 0 aliphatic carbocycles. The molecule has 3 aromatic carbocycles. The lowest BCUT2D eigenvalue weighted by Gasteiger charge is -2.33. The van der Waals surface area contributed by atoms with Crippen LogP contribution in [0, 0.1) is 13.8 Å². The molecular weight excluding hydrogens is 578 g/mol. The summed E-state index contributed by atoms with van der Waals surface area (Å²) < 4.78 is 40.1. The molecule has 11 heteroatoms. The Labute approximate surface area is 253 Å². The number of benzene rings is 3. The highest BCUT2D eigenvalue weighted by atomic mass is 35.5. The molecule has 0 bridgehead atoms. The van der Waals surface area contributed by atoms with E-state index < -0.39 is 28.5 Å². The summed E-state index contributed by atoms with van der Waals surface area (Å²) in [7, 11) is -1.41. The lowest BCUT2D eigenvalue weighted by molar-refractivity contribution is -0.140. The van der Waals surface area contributed by atoms with Crippen LogP contribution in [0.15, 0.2) is 65.6 Å². The fourth-order valence-electron chi connectivity index (χ4n) is 4.73. The minimum atomic E-state index is -4.28. The summed E-state index contributed by atoms with van der Waals surface area (Å²) in [6, 6.07) is 15.7. The number of carbonyl (C=O) groups is 2. The van der Waals surface area contributed by atoms with E-state index in [2.05, 4.69) is 5.32 Å². The zero-order valence-corrected chi connectivity index (χ0v) is 26.4. The second kappa shape index (κ2) is 14.4. The molecule has 0 radical (unpaired) electrons. The average Bonchev–Trinajstić information content (AvgIpc) is 2.95. The summed E-state index contributed by atoms with van der Waals surface area (Å²) in [5.41, 5.74) is 2.73. The van der Waals surface area contributed by atoms with Crippen molar-refractivity contribution in [3.63, 3.8) is 0 Å². The van der Waals surface area contributed by atoms with Gasteiger partial charge in [0.1, 0.15) is 12.6 Å². The van der Waals surface area contributed by atoms with Gasteiger partial charge in [-0.3, -0.25) is 13.9 Å². The Kier molecular flexibility index (Phi) is 11.2. The highest BCUT2D eigenvalue weighted by Gasteiger charge is 2.34. The van der Waals surface area contributed by atoms with Gasteiger partial charge in [-0.05, 0) is 80.3 Å². The minimum absolute atomic E-state index is 0.0767. The third kappa shape index (κ3) is 7.74. The number of ether oxygens (including phenoxy) is 2. The van der Waals surface area contributed by atoms with Crippen molar-refractivity contribution in [2.45, 2.75) is 51.6 Å². The second-order valence-corrected chi connectivity index (χ2v) is 12.1. The van der Waals surface area contributed by atoms with Crippen molar-refractivity contribution >= 4 is 39.1 Å². The quantitative estimate of drug-likeness (QED) is 0.286. The van der Waals surface area contributed by atoms with E-state index >= 15 is 0 Å². The zero-order valence-electron chi connectivity index (χ0n) is 24.8. The highest BCUT2D eigenvalue weighted by molar-refractivity contribution is 7.92. The van der Waals surface area contributed by atoms with Gasteiger partial charge in [-0.1, -0.05) is 36.7 Å². The summed E-state index contributed by atoms with van der Waals surface area (Å²) in [5.74, 6) is -0.251. The Hall–Kier alpha value is -3.76. The summed E-state index contributed by atoms with van der Waals surface area (Å²) in [6.45, 7) is 7.26. The third-order valence-corrected chi connectivity index (χ3v) is 8.74. The minimum Gasteiger partial charge on any atom is -0.493 e. The van der Waals surface area contributed by atoms with E-state index in [1.807, 2.05) is 26.8 Å². The van der Waals surface area contributed by atoms with Crippen LogP contribution < -0.4 is 19.1 Å². The fourth-order valence-corrected chi connectivity index (χ4v) is 6.27. The topological polar surface area (TPSA) is 105 Å². The molecule has 226 valence electrons. The molecule has 0 saturated carbocycles. The first-order chi connectivity index (χ1) is 19.9. The third-order valence-electron chi connectivity index (χ3n) is 6.72. The van der Waals surface area contributed by atoms with E-state index in [1.54, 1.807) is 43.3 Å². The molecule has 0 aromatic heterocycles. The number of methoxy groups -OCH3 is 2. The Bertz CT molecular complexity index is 1490. The number of likely N-dealkylation sites (N-methyl/N-ethyl adjacent to an activating group) is 1. The molecule has 1 atom stereocenters. The van der Waals surface area contributed by atoms with Crippen molar-refractivity contribution in [3.05, 3.63) is 82.4 Å². The van der Waals surface area contributed by atoms with Gasteiger partial charge in [0.2, 0.25) is 11.8 Å². The summed E-state index contributed by atoms with van der Waals surface area (Å²) in [5, 5.41) is 3.33. The van der Waals surface area contributed by atoms with E-state index in [-0.39, 0.29) is 23.1 Å². The number of aryl methyl sites for hydroxylation is 2. The number of sulfonamides is 1. The molecule has 2 amide bonds. The van der Waals surface area contributed by atoms with Crippen molar-refractivity contribution in [2.75, 3.05) is 31.6 Å². The fraction of sp³-hybridized carbons (Fsp3) is 0.355. The SMILES string of the molecule is CCNC(=O)[C@H](CC)N(Cc1ccc(Cl)cc1)C(=O)CN(c1cc(C)cc(C)c1)S(=O)(=O)c1ccc(OC)c(OC)c1. The maximum atomic E-state index is 14.2. The van der Waals surface area contributed by atoms with Crippen LogP contribution in [-0.4, -0.2) is 58.5 Å². The standard InChI is InChI=1S/C31H38ClN3O6S/c1-7-27(31(37)33-8-2)34(19-23-9-11-24(32)12-10-23)30(36)20-35(25-16-21(3)15-22(4)17-25)42(38,39)26-13-14-28(40-5)29(18-26)41-6/h9-18,27H,7-8,19-20H2,1-6H3,(H,33,37)/t27-/m0/s1. The van der Waals surface area contributed by atoms with Crippen molar-refractivity contribution in [1.29, 1.82) is 0 Å². The van der Waals surface area contributed by atoms with E-state index in [4.69, 9.17) is 21.1 Å². The monoisotopic (exact) mass is 615 g/mol. The maximum absolute atomic E-state index is 14.2. The molecule has 3 rings (SSSR count). The van der Waals surface area contributed by atoms with Crippen LogP contribution in [-0.2, 0) is 26.2 Å². The molecule has 0 fully saturated rings. The van der Waals surface area contributed by atoms with Gasteiger partial charge in [-0.15, -0.1) is 0 Å². The van der Waals surface area contributed by atoms with Gasteiger partial charge in [0.05, 0.1) is 24.8 Å². The first-order valence-corrected chi connectivity index (χ1v) is 15.4. The first kappa shape index (κ1) is 32.8. The van der Waals surface area contributed by atoms with Crippen molar-refractivity contribution in [2.24, 2.45) is 0 Å². The number of hydrogen-bond donors (Lipinski definition) is 1. The van der Waals surface area contributed by atoms with Gasteiger partial charge >= 0.3 is 0 Å². The molecule has 0 aliphatic heterocycles. The molecule has 3 aromatic rings. The number of rotatable bonds is 13. The van der Waals surface area contributed by atoms with Crippen LogP contribution >= 0.6 is 11.6 Å². The number of amides is 2. The van der Waals surface area contributed by atoms with Crippen LogP contribution in [0.5, 0.6) is 11.5 Å². The molecule has 0 aliphatic rings. The maximum Gasteiger partial charge on any atom is 0.264 e. The van der Waals surface area contributed by atoms with E-state index in [9.17, 15) is 18.0 Å². The first-order valence-electron chi connectivity index (χ1n) is 13.6. The van der Waals surface area contributed by atoms with Crippen molar-refractivity contribution < 1.29 is 27.5 Å². The molecule has 0 unspecified atom stereocenters. The van der Waals surface area contributed by atoms with Gasteiger partial charge in [0, 0.05) is 24.2 Å². The van der Waals surface area contributed by atoms with Gasteiger partial charge in [-0.25, -0.2) is 8.42 Å². The van der Waals surface area contributed by atoms with E-state index in [0.717, 1.165) is 21.0 Å². The number of halogens is 1. The van der Waals surface area contributed by atoms with Crippen molar-refractivity contribution in [1.82, 2.24) is 10.2 Å². The summed E-state index contributed by atoms with van der Waals surface area (Å²) in [4.78, 5) is 28.6. The van der Waals surface area contributed by atoms with E-state index in [1.165, 1.54) is 37.3 Å². The Morgan fingerprint density at radius 2 is 1.52 bits per heavy atom. The van der Waals surface area contributed by atoms with Gasteiger partial charge in [0.25, 0.3) is 10.0 Å². The lowest BCUT2D eigenvalue weighted by atomic mass is 10.1. The number of nitrogens with zero attached hydrogens (tertiary/aromatic N) is 2. The number of anilines is 1. The Balaban J connectivity index is 2.13. The number of nitrogens with one attached hydrogen (secondary N) is 1. The Morgan fingerprint density at radius 3 is 2.07 bits per heavy atom. The predicted octanol–water partition coefficient (Wildman–Crippen LogP) is 5.11. The van der Waals surface area contributed by atoms with Gasteiger partial charge in [0.15, 0.2) is 11.5 Å². The normalized spacial score (nSPS) is 11.9. The average molecular weight is 616 g/mol. The lowest BCUT2D eigenvalue weighted by Crippen LogP contribution is -2.52. The summed E-state index contributed by atoms with van der Waals surface area (Å²) >= 11 is 6.07. The second-order valence-electron chi connectivity index (χ2n) is 9.84. The zero-order chi connectivity index (χ0) is 31.0. The highest BCUT2D eigenvalue weighted by Crippen LogP contribution is 2.33. The molecule has 0 saturated heterocycles. The van der Waals surface area contributed by atoms with Gasteiger partial charge in [-0.2, -0.15) is 0 Å².